The van der Waals surface area contributed by atoms with Crippen molar-refractivity contribution in [3.05, 3.63) is 47.7 Å². The van der Waals surface area contributed by atoms with Crippen LogP contribution in [0.1, 0.15) is 10.4 Å². The Morgan fingerprint density at radius 2 is 2.00 bits per heavy atom. The molecule has 0 aliphatic carbocycles. The van der Waals surface area contributed by atoms with Gasteiger partial charge in [-0.05, 0) is 18.2 Å². The fourth-order valence-corrected chi connectivity index (χ4v) is 1.47. The number of pyridine rings is 1. The second kappa shape index (κ2) is 5.52. The number of carboxylic acids is 1. The molecule has 2 rings (SSSR count). The van der Waals surface area contributed by atoms with Crippen molar-refractivity contribution in [2.24, 2.45) is 0 Å². The second-order valence-electron chi connectivity index (χ2n) is 3.71. The third kappa shape index (κ3) is 2.82. The van der Waals surface area contributed by atoms with E-state index in [1.807, 2.05) is 0 Å². The first kappa shape index (κ1) is 13.7. The quantitative estimate of drug-likeness (QED) is 0.933. The molecule has 2 aromatic rings. The lowest BCUT2D eigenvalue weighted by Gasteiger charge is -2.10. The Morgan fingerprint density at radius 1 is 1.25 bits per heavy atom. The molecule has 1 aromatic carbocycles. The van der Waals surface area contributed by atoms with Crippen LogP contribution in [-0.2, 0) is 0 Å². The molecule has 0 saturated carbocycles. The normalized spacial score (nSPS) is 10.2. The van der Waals surface area contributed by atoms with E-state index in [0.29, 0.717) is 6.07 Å². The van der Waals surface area contributed by atoms with Crippen LogP contribution in [0.2, 0.25) is 0 Å². The molecular formula is C13H9F2NO4. The Hall–Kier alpha value is -2.70. The average Bonchev–Trinajstić information content (AvgIpc) is 2.42. The number of rotatable bonds is 4. The van der Waals surface area contributed by atoms with Crippen molar-refractivity contribution >= 4 is 5.97 Å². The predicted octanol–water partition coefficient (Wildman–Crippen LogP) is 2.86. The number of aromatic carboxylic acids is 1. The molecule has 0 unspecified atom stereocenters. The van der Waals surface area contributed by atoms with E-state index in [-0.39, 0.29) is 17.1 Å². The minimum Gasteiger partial charge on any atom is -0.493 e. The molecule has 1 N–H and O–H groups in total. The van der Waals surface area contributed by atoms with Crippen LogP contribution in [0, 0.1) is 11.6 Å². The summed E-state index contributed by atoms with van der Waals surface area (Å²) in [6, 6.07) is 4.41. The van der Waals surface area contributed by atoms with Crippen molar-refractivity contribution in [2.45, 2.75) is 0 Å². The number of carbonyl (C=O) groups is 1. The lowest BCUT2D eigenvalue weighted by molar-refractivity contribution is 0.0696. The fraction of sp³-hybridized carbons (Fsp3) is 0.0769. The minimum atomic E-state index is -1.14. The largest absolute Gasteiger partial charge is 0.493 e. The SMILES string of the molecule is COc1cc(C(=O)O)ccc1Oc1ncc(F)cc1F. The third-order valence-electron chi connectivity index (χ3n) is 2.39. The Labute approximate surface area is 112 Å². The van der Waals surface area contributed by atoms with Crippen LogP contribution in [0.3, 0.4) is 0 Å². The van der Waals surface area contributed by atoms with Gasteiger partial charge >= 0.3 is 5.97 Å². The van der Waals surface area contributed by atoms with E-state index in [2.05, 4.69) is 4.98 Å². The standard InChI is InChI=1S/C13H9F2NO4/c1-19-11-4-7(13(17)18)2-3-10(11)20-12-9(15)5-8(14)6-16-12/h2-6H,1H3,(H,17,18). The van der Waals surface area contributed by atoms with Crippen molar-refractivity contribution < 1.29 is 28.2 Å². The van der Waals surface area contributed by atoms with Gasteiger partial charge in [-0.15, -0.1) is 0 Å². The molecule has 0 radical (unpaired) electrons. The van der Waals surface area contributed by atoms with Crippen molar-refractivity contribution in [1.82, 2.24) is 4.98 Å². The Morgan fingerprint density at radius 3 is 2.60 bits per heavy atom. The van der Waals surface area contributed by atoms with Gasteiger partial charge in [-0.2, -0.15) is 0 Å². The molecule has 0 fully saturated rings. The number of carboxylic acid groups (broad SMARTS) is 1. The van der Waals surface area contributed by atoms with Gasteiger partial charge in [0.15, 0.2) is 17.3 Å². The molecule has 1 heterocycles. The number of benzene rings is 1. The first-order chi connectivity index (χ1) is 9.51. The van der Waals surface area contributed by atoms with Gasteiger partial charge in [0, 0.05) is 6.07 Å². The van der Waals surface area contributed by atoms with E-state index < -0.39 is 23.5 Å². The summed E-state index contributed by atoms with van der Waals surface area (Å²) >= 11 is 0. The highest BCUT2D eigenvalue weighted by Crippen LogP contribution is 2.32. The molecule has 0 atom stereocenters. The van der Waals surface area contributed by atoms with Gasteiger partial charge in [0.1, 0.15) is 5.82 Å². The average molecular weight is 281 g/mol. The number of aromatic nitrogens is 1. The molecule has 0 bridgehead atoms. The summed E-state index contributed by atoms with van der Waals surface area (Å²) < 4.78 is 36.3. The van der Waals surface area contributed by atoms with Crippen LogP contribution in [0.25, 0.3) is 0 Å². The van der Waals surface area contributed by atoms with E-state index in [0.717, 1.165) is 6.20 Å². The van der Waals surface area contributed by atoms with Crippen LogP contribution in [0.4, 0.5) is 8.78 Å². The number of ether oxygens (including phenoxy) is 2. The molecule has 0 aliphatic rings. The highest BCUT2D eigenvalue weighted by atomic mass is 19.1. The molecule has 0 aliphatic heterocycles. The monoisotopic (exact) mass is 281 g/mol. The van der Waals surface area contributed by atoms with Gasteiger partial charge in [0.05, 0.1) is 18.9 Å². The lowest BCUT2D eigenvalue weighted by Crippen LogP contribution is -1.99. The Kier molecular flexibility index (Phi) is 3.79. The molecule has 0 saturated heterocycles. The number of nitrogens with zero attached hydrogens (tertiary/aromatic N) is 1. The van der Waals surface area contributed by atoms with Crippen LogP contribution < -0.4 is 9.47 Å². The molecule has 0 amide bonds. The number of hydrogen-bond donors (Lipinski definition) is 1. The number of halogens is 2. The summed E-state index contributed by atoms with van der Waals surface area (Å²) in [7, 11) is 1.31. The van der Waals surface area contributed by atoms with Crippen LogP contribution in [0.15, 0.2) is 30.5 Å². The summed E-state index contributed by atoms with van der Waals surface area (Å²) in [5, 5.41) is 8.85. The van der Waals surface area contributed by atoms with Crippen LogP contribution in [-0.4, -0.2) is 23.2 Å². The second-order valence-corrected chi connectivity index (χ2v) is 3.71. The third-order valence-corrected chi connectivity index (χ3v) is 2.39. The summed E-state index contributed by atoms with van der Waals surface area (Å²) in [4.78, 5) is 14.3. The van der Waals surface area contributed by atoms with Gasteiger partial charge < -0.3 is 14.6 Å². The van der Waals surface area contributed by atoms with Crippen LogP contribution >= 0.6 is 0 Å². The molecule has 5 nitrogen and oxygen atoms in total. The van der Waals surface area contributed by atoms with Gasteiger partial charge in [0.25, 0.3) is 5.88 Å². The van der Waals surface area contributed by atoms with Crippen molar-refractivity contribution in [1.29, 1.82) is 0 Å². The van der Waals surface area contributed by atoms with E-state index in [9.17, 15) is 13.6 Å². The van der Waals surface area contributed by atoms with Crippen molar-refractivity contribution in [3.8, 4) is 17.4 Å². The molecular weight excluding hydrogens is 272 g/mol. The smallest absolute Gasteiger partial charge is 0.335 e. The van der Waals surface area contributed by atoms with E-state index >= 15 is 0 Å². The van der Waals surface area contributed by atoms with E-state index in [4.69, 9.17) is 14.6 Å². The zero-order valence-corrected chi connectivity index (χ0v) is 10.3. The van der Waals surface area contributed by atoms with Gasteiger partial charge in [-0.25, -0.2) is 18.6 Å². The topological polar surface area (TPSA) is 68.7 Å². The molecule has 0 spiro atoms. The van der Waals surface area contributed by atoms with Gasteiger partial charge in [0.2, 0.25) is 0 Å². The number of hydrogen-bond acceptors (Lipinski definition) is 4. The minimum absolute atomic E-state index is 0.0123. The summed E-state index contributed by atoms with van der Waals surface area (Å²) in [6.45, 7) is 0. The first-order valence-corrected chi connectivity index (χ1v) is 5.41. The zero-order chi connectivity index (χ0) is 14.7. The van der Waals surface area contributed by atoms with E-state index in [1.165, 1.54) is 25.3 Å². The van der Waals surface area contributed by atoms with Crippen LogP contribution in [0.5, 0.6) is 17.4 Å². The first-order valence-electron chi connectivity index (χ1n) is 5.41. The summed E-state index contributed by atoms with van der Waals surface area (Å²) in [5.41, 5.74) is -0.0123. The number of methoxy groups -OCH3 is 1. The highest BCUT2D eigenvalue weighted by Gasteiger charge is 2.14. The predicted molar refractivity (Wildman–Crippen MR) is 64.2 cm³/mol. The molecule has 104 valence electrons. The Bertz CT molecular complexity index is 661. The van der Waals surface area contributed by atoms with Gasteiger partial charge in [-0.3, -0.25) is 0 Å². The maximum Gasteiger partial charge on any atom is 0.335 e. The summed E-state index contributed by atoms with van der Waals surface area (Å²) in [6.07, 6.45) is 0.802. The fourth-order valence-electron chi connectivity index (χ4n) is 1.47. The molecule has 20 heavy (non-hydrogen) atoms. The van der Waals surface area contributed by atoms with Crippen molar-refractivity contribution in [3.63, 3.8) is 0 Å². The molecule has 7 heteroatoms. The van der Waals surface area contributed by atoms with Gasteiger partial charge in [-0.1, -0.05) is 0 Å². The Balaban J connectivity index is 2.35. The maximum absolute atomic E-state index is 13.4. The zero-order valence-electron chi connectivity index (χ0n) is 10.3. The maximum atomic E-state index is 13.4. The highest BCUT2D eigenvalue weighted by molar-refractivity contribution is 5.88. The lowest BCUT2D eigenvalue weighted by atomic mass is 10.2. The summed E-state index contributed by atoms with van der Waals surface area (Å²) in [5.74, 6) is -3.22. The van der Waals surface area contributed by atoms with E-state index in [1.54, 1.807) is 0 Å². The molecule has 1 aromatic heterocycles. The van der Waals surface area contributed by atoms with Crippen molar-refractivity contribution in [2.75, 3.05) is 7.11 Å².